The molecule has 0 bridgehead atoms. The second-order valence-electron chi connectivity index (χ2n) is 4.97. The van der Waals surface area contributed by atoms with Crippen molar-refractivity contribution in [3.8, 4) is 0 Å². The van der Waals surface area contributed by atoms with Crippen LogP contribution < -0.4 is 10.7 Å². The third-order valence-corrected chi connectivity index (χ3v) is 3.51. The fourth-order valence-electron chi connectivity index (χ4n) is 2.14. The van der Waals surface area contributed by atoms with Crippen molar-refractivity contribution in [2.75, 3.05) is 51.0 Å². The van der Waals surface area contributed by atoms with Gasteiger partial charge in [0.2, 0.25) is 0 Å². The van der Waals surface area contributed by atoms with Crippen LogP contribution in [-0.2, 0) is 6.42 Å². The molecular weight excluding hydrogens is 240 g/mol. The molecule has 0 aliphatic carbocycles. The van der Waals surface area contributed by atoms with Crippen LogP contribution in [0.1, 0.15) is 18.3 Å². The van der Waals surface area contributed by atoms with Crippen molar-refractivity contribution in [2.45, 2.75) is 20.3 Å². The van der Waals surface area contributed by atoms with E-state index in [0.29, 0.717) is 0 Å². The first-order valence-electron chi connectivity index (χ1n) is 6.89. The topological polar surface area (TPSA) is 56.3 Å². The summed E-state index contributed by atoms with van der Waals surface area (Å²) >= 11 is 0. The first-order valence-corrected chi connectivity index (χ1v) is 6.89. The second kappa shape index (κ2) is 6.16. The molecule has 0 spiro atoms. The van der Waals surface area contributed by atoms with Crippen LogP contribution in [0.5, 0.6) is 0 Å². The van der Waals surface area contributed by atoms with Gasteiger partial charge >= 0.3 is 0 Å². The van der Waals surface area contributed by atoms with E-state index in [9.17, 15) is 0 Å². The zero-order valence-electron chi connectivity index (χ0n) is 12.3. The Balaban J connectivity index is 2.14. The molecule has 1 fully saturated rings. The van der Waals surface area contributed by atoms with Gasteiger partial charge in [-0.1, -0.05) is 6.92 Å². The largest absolute Gasteiger partial charge is 0.373 e. The van der Waals surface area contributed by atoms with Gasteiger partial charge < -0.3 is 15.6 Å². The molecule has 2 heterocycles. The van der Waals surface area contributed by atoms with E-state index in [1.807, 2.05) is 14.0 Å². The summed E-state index contributed by atoms with van der Waals surface area (Å²) in [5.41, 5.74) is 4.50. The minimum atomic E-state index is 0.840. The molecule has 2 rings (SSSR count). The molecular formula is C13H24N6. The molecule has 0 unspecified atom stereocenters. The summed E-state index contributed by atoms with van der Waals surface area (Å²) in [5, 5.41) is 5.37. The Morgan fingerprint density at radius 3 is 2.32 bits per heavy atom. The summed E-state index contributed by atoms with van der Waals surface area (Å²) in [4.78, 5) is 11.4. The molecule has 0 saturated carbocycles. The van der Waals surface area contributed by atoms with Crippen LogP contribution in [0, 0.1) is 6.92 Å². The normalized spacial score (nSPS) is 17.5. The van der Waals surface area contributed by atoms with E-state index >= 15 is 0 Å². The molecule has 1 aromatic rings. The number of rotatable bonds is 4. The molecule has 1 aliphatic heterocycles. The Labute approximate surface area is 115 Å². The fourth-order valence-corrected chi connectivity index (χ4v) is 2.14. The highest BCUT2D eigenvalue weighted by molar-refractivity contribution is 5.56. The van der Waals surface area contributed by atoms with E-state index in [1.54, 1.807) is 0 Å². The molecule has 6 nitrogen and oxygen atoms in total. The number of aryl methyl sites for hydroxylation is 1. The molecule has 0 aromatic carbocycles. The number of aromatic nitrogens is 2. The molecule has 2 N–H and O–H groups in total. The molecule has 106 valence electrons. The van der Waals surface area contributed by atoms with Gasteiger partial charge in [-0.2, -0.15) is 0 Å². The maximum Gasteiger partial charge on any atom is 0.149 e. The lowest BCUT2D eigenvalue weighted by Crippen LogP contribution is -2.47. The summed E-state index contributed by atoms with van der Waals surface area (Å²) in [7, 11) is 4.05. The zero-order chi connectivity index (χ0) is 13.8. The van der Waals surface area contributed by atoms with E-state index < -0.39 is 0 Å². The predicted octanol–water partition coefficient (Wildman–Crippen LogP) is 0.963. The van der Waals surface area contributed by atoms with Crippen LogP contribution in [0.15, 0.2) is 0 Å². The summed E-state index contributed by atoms with van der Waals surface area (Å²) in [6.45, 7) is 8.30. The first kappa shape index (κ1) is 14.0. The van der Waals surface area contributed by atoms with Crippen LogP contribution in [0.2, 0.25) is 0 Å². The van der Waals surface area contributed by atoms with Gasteiger partial charge in [0.1, 0.15) is 17.5 Å². The molecule has 1 aliphatic rings. The van der Waals surface area contributed by atoms with E-state index in [1.165, 1.54) is 0 Å². The lowest BCUT2D eigenvalue weighted by Gasteiger charge is -2.33. The monoisotopic (exact) mass is 264 g/mol. The molecule has 6 heteroatoms. The summed E-state index contributed by atoms with van der Waals surface area (Å²) in [6, 6.07) is 0. The number of piperazine rings is 1. The van der Waals surface area contributed by atoms with Crippen LogP contribution in [0.25, 0.3) is 0 Å². The van der Waals surface area contributed by atoms with E-state index in [-0.39, 0.29) is 0 Å². The van der Waals surface area contributed by atoms with Gasteiger partial charge in [-0.25, -0.2) is 15.0 Å². The Morgan fingerprint density at radius 1 is 1.11 bits per heavy atom. The van der Waals surface area contributed by atoms with Crippen molar-refractivity contribution in [1.82, 2.24) is 19.9 Å². The van der Waals surface area contributed by atoms with Gasteiger partial charge in [-0.15, -0.1) is 0 Å². The average Bonchev–Trinajstić information content (AvgIpc) is 2.43. The van der Waals surface area contributed by atoms with Crippen molar-refractivity contribution in [3.63, 3.8) is 0 Å². The van der Waals surface area contributed by atoms with Crippen molar-refractivity contribution in [2.24, 2.45) is 0 Å². The van der Waals surface area contributed by atoms with Crippen LogP contribution in [0.3, 0.4) is 0 Å². The number of hydrogen-bond acceptors (Lipinski definition) is 6. The standard InChI is InChI=1S/C13H24N6/c1-5-11-15-12(14-3)10(2)13(16-11)17-19-8-6-18(4)7-9-19/h5-9H2,1-4H3,(H2,14,15,16,17). The minimum absolute atomic E-state index is 0.840. The lowest BCUT2D eigenvalue weighted by atomic mass is 10.3. The molecule has 19 heavy (non-hydrogen) atoms. The highest BCUT2D eigenvalue weighted by atomic mass is 15.5. The first-order chi connectivity index (χ1) is 9.13. The summed E-state index contributed by atoms with van der Waals surface area (Å²) < 4.78 is 0. The molecule has 0 amide bonds. The maximum atomic E-state index is 4.60. The molecule has 0 atom stereocenters. The summed E-state index contributed by atoms with van der Waals surface area (Å²) in [6.07, 6.45) is 0.840. The smallest absolute Gasteiger partial charge is 0.149 e. The Kier molecular flexibility index (Phi) is 4.55. The highest BCUT2D eigenvalue weighted by Gasteiger charge is 2.16. The van der Waals surface area contributed by atoms with Gasteiger partial charge in [-0.05, 0) is 14.0 Å². The number of hydrogen-bond donors (Lipinski definition) is 2. The second-order valence-corrected chi connectivity index (χ2v) is 4.97. The number of anilines is 2. The van der Waals surface area contributed by atoms with E-state index in [2.05, 4.69) is 44.6 Å². The third kappa shape index (κ3) is 3.33. The third-order valence-electron chi connectivity index (χ3n) is 3.51. The van der Waals surface area contributed by atoms with Gasteiger partial charge in [-0.3, -0.25) is 0 Å². The minimum Gasteiger partial charge on any atom is -0.373 e. The number of likely N-dealkylation sites (N-methyl/N-ethyl adjacent to an activating group) is 1. The number of hydrazine groups is 1. The predicted molar refractivity (Wildman–Crippen MR) is 78.4 cm³/mol. The number of nitrogens with one attached hydrogen (secondary N) is 2. The molecule has 1 saturated heterocycles. The van der Waals surface area contributed by atoms with Crippen LogP contribution in [0.4, 0.5) is 11.6 Å². The van der Waals surface area contributed by atoms with E-state index in [0.717, 1.165) is 55.6 Å². The summed E-state index contributed by atoms with van der Waals surface area (Å²) in [5.74, 6) is 2.69. The zero-order valence-corrected chi connectivity index (χ0v) is 12.3. The Bertz CT molecular complexity index is 425. The lowest BCUT2D eigenvalue weighted by molar-refractivity contribution is 0.178. The molecule has 0 radical (unpaired) electrons. The van der Waals surface area contributed by atoms with Crippen LogP contribution >= 0.6 is 0 Å². The van der Waals surface area contributed by atoms with Gasteiger partial charge in [0, 0.05) is 45.2 Å². The molecule has 1 aromatic heterocycles. The van der Waals surface area contributed by atoms with Gasteiger partial charge in [0.15, 0.2) is 0 Å². The number of nitrogens with zero attached hydrogens (tertiary/aromatic N) is 4. The maximum absolute atomic E-state index is 4.60. The Hall–Kier alpha value is -1.40. The van der Waals surface area contributed by atoms with Gasteiger partial charge in [0.05, 0.1) is 0 Å². The van der Waals surface area contributed by atoms with E-state index in [4.69, 9.17) is 0 Å². The van der Waals surface area contributed by atoms with Crippen LogP contribution in [-0.4, -0.2) is 60.2 Å². The van der Waals surface area contributed by atoms with Crippen molar-refractivity contribution in [3.05, 3.63) is 11.4 Å². The SMILES string of the molecule is CCc1nc(NC)c(C)c(NN2CCN(C)CC2)n1. The van der Waals surface area contributed by atoms with Crippen molar-refractivity contribution in [1.29, 1.82) is 0 Å². The van der Waals surface area contributed by atoms with Crippen molar-refractivity contribution < 1.29 is 0 Å². The average molecular weight is 264 g/mol. The quantitative estimate of drug-likeness (QED) is 0.845. The highest BCUT2D eigenvalue weighted by Crippen LogP contribution is 2.20. The van der Waals surface area contributed by atoms with Crippen molar-refractivity contribution >= 4 is 11.6 Å². The van der Waals surface area contributed by atoms with Gasteiger partial charge in [0.25, 0.3) is 0 Å². The fraction of sp³-hybridized carbons (Fsp3) is 0.692. The Morgan fingerprint density at radius 2 is 1.74 bits per heavy atom.